The molecule has 0 aromatic heterocycles. The lowest BCUT2D eigenvalue weighted by Crippen LogP contribution is -2.07. The highest BCUT2D eigenvalue weighted by Crippen LogP contribution is 2.25. The van der Waals surface area contributed by atoms with E-state index in [4.69, 9.17) is 0 Å². The van der Waals surface area contributed by atoms with Gasteiger partial charge in [-0.3, -0.25) is 0 Å². The van der Waals surface area contributed by atoms with Crippen molar-refractivity contribution in [1.82, 2.24) is 0 Å². The summed E-state index contributed by atoms with van der Waals surface area (Å²) in [7, 11) is 0. The van der Waals surface area contributed by atoms with Gasteiger partial charge in [-0.05, 0) is 61.4 Å². The Bertz CT molecular complexity index is 447. The summed E-state index contributed by atoms with van der Waals surface area (Å²) in [6.45, 7) is 8.31. The van der Waals surface area contributed by atoms with Gasteiger partial charge in [0.15, 0.2) is 0 Å². The number of aromatic carboxylic acids is 1. The Hall–Kier alpha value is -1.31. The summed E-state index contributed by atoms with van der Waals surface area (Å²) in [6, 6.07) is 1.87. The first kappa shape index (κ1) is 15.7. The van der Waals surface area contributed by atoms with Gasteiger partial charge in [0, 0.05) is 0 Å². The molecule has 19 heavy (non-hydrogen) atoms. The lowest BCUT2D eigenvalue weighted by molar-refractivity contribution is 0.0696. The summed E-state index contributed by atoms with van der Waals surface area (Å²) in [5, 5.41) is 9.25. The van der Waals surface area contributed by atoms with Crippen LogP contribution in [0.1, 0.15) is 72.1 Å². The van der Waals surface area contributed by atoms with E-state index in [1.807, 2.05) is 13.0 Å². The van der Waals surface area contributed by atoms with Gasteiger partial charge in [0.1, 0.15) is 0 Å². The maximum atomic E-state index is 11.3. The summed E-state index contributed by atoms with van der Waals surface area (Å²) < 4.78 is 0. The Kier molecular flexibility index (Phi) is 6.07. The zero-order valence-electron chi connectivity index (χ0n) is 12.7. The molecule has 1 N–H and O–H groups in total. The van der Waals surface area contributed by atoms with Crippen molar-refractivity contribution in [2.75, 3.05) is 0 Å². The van der Waals surface area contributed by atoms with Crippen LogP contribution in [-0.4, -0.2) is 11.1 Å². The lowest BCUT2D eigenvalue weighted by atomic mass is 9.89. The fraction of sp³-hybridized carbons (Fsp3) is 0.588. The van der Waals surface area contributed by atoms with Crippen LogP contribution in [0.15, 0.2) is 6.07 Å². The fourth-order valence-corrected chi connectivity index (χ4v) is 2.65. The van der Waals surface area contributed by atoms with Crippen LogP contribution in [0.2, 0.25) is 0 Å². The average molecular weight is 262 g/mol. The predicted octanol–water partition coefficient (Wildman–Crippen LogP) is 4.69. The molecule has 0 atom stereocenters. The normalized spacial score (nSPS) is 10.7. The van der Waals surface area contributed by atoms with E-state index in [0.717, 1.165) is 18.4 Å². The van der Waals surface area contributed by atoms with E-state index in [1.165, 1.54) is 42.4 Å². The van der Waals surface area contributed by atoms with E-state index in [9.17, 15) is 9.90 Å². The van der Waals surface area contributed by atoms with Gasteiger partial charge >= 0.3 is 5.97 Å². The second-order valence-corrected chi connectivity index (χ2v) is 5.28. The van der Waals surface area contributed by atoms with Gasteiger partial charge in [-0.15, -0.1) is 0 Å². The van der Waals surface area contributed by atoms with E-state index in [-0.39, 0.29) is 0 Å². The largest absolute Gasteiger partial charge is 0.478 e. The Morgan fingerprint density at radius 2 is 1.79 bits per heavy atom. The third-order valence-electron chi connectivity index (χ3n) is 4.02. The molecule has 0 saturated heterocycles. The minimum atomic E-state index is -0.812. The second kappa shape index (κ2) is 7.32. The van der Waals surface area contributed by atoms with E-state index < -0.39 is 5.97 Å². The third-order valence-corrected chi connectivity index (χ3v) is 4.02. The molecule has 1 aromatic rings. The molecule has 0 amide bonds. The average Bonchev–Trinajstić information content (AvgIpc) is 2.38. The molecule has 2 nitrogen and oxygen atoms in total. The molecule has 1 aromatic carbocycles. The highest BCUT2D eigenvalue weighted by molar-refractivity contribution is 5.90. The minimum Gasteiger partial charge on any atom is -0.478 e. The van der Waals surface area contributed by atoms with Crippen molar-refractivity contribution in [3.05, 3.63) is 33.9 Å². The number of benzene rings is 1. The van der Waals surface area contributed by atoms with Crippen molar-refractivity contribution in [2.45, 2.75) is 66.2 Å². The zero-order valence-corrected chi connectivity index (χ0v) is 12.7. The van der Waals surface area contributed by atoms with E-state index in [1.54, 1.807) is 0 Å². The monoisotopic (exact) mass is 262 g/mol. The standard InChI is InChI=1S/C17H26O2/c1-5-7-8-9-10-15-12(3)13(4)16(17(18)19)11-14(15)6-2/h11H,5-10H2,1-4H3,(H,18,19). The van der Waals surface area contributed by atoms with Crippen LogP contribution < -0.4 is 0 Å². The van der Waals surface area contributed by atoms with Crippen molar-refractivity contribution in [1.29, 1.82) is 0 Å². The zero-order chi connectivity index (χ0) is 14.4. The predicted molar refractivity (Wildman–Crippen MR) is 80.1 cm³/mol. The summed E-state index contributed by atoms with van der Waals surface area (Å²) in [4.78, 5) is 11.3. The number of hydrogen-bond donors (Lipinski definition) is 1. The molecular formula is C17H26O2. The van der Waals surface area contributed by atoms with Crippen LogP contribution in [0.4, 0.5) is 0 Å². The first-order valence-electron chi connectivity index (χ1n) is 7.38. The van der Waals surface area contributed by atoms with Gasteiger partial charge in [0.2, 0.25) is 0 Å². The van der Waals surface area contributed by atoms with Gasteiger partial charge in [-0.1, -0.05) is 33.1 Å². The summed E-state index contributed by atoms with van der Waals surface area (Å²) in [6.07, 6.45) is 6.98. The number of hydrogen-bond acceptors (Lipinski definition) is 1. The first-order chi connectivity index (χ1) is 9.02. The number of carbonyl (C=O) groups is 1. The van der Waals surface area contributed by atoms with E-state index in [2.05, 4.69) is 20.8 Å². The number of rotatable bonds is 7. The first-order valence-corrected chi connectivity index (χ1v) is 7.38. The minimum absolute atomic E-state index is 0.464. The molecule has 2 heteroatoms. The molecule has 0 aliphatic carbocycles. The Morgan fingerprint density at radius 3 is 2.32 bits per heavy atom. The molecule has 0 heterocycles. The molecule has 0 unspecified atom stereocenters. The van der Waals surface area contributed by atoms with Gasteiger partial charge in [0.05, 0.1) is 5.56 Å². The Balaban J connectivity index is 3.03. The Labute approximate surface area is 116 Å². The van der Waals surface area contributed by atoms with Crippen molar-refractivity contribution in [2.24, 2.45) is 0 Å². The third kappa shape index (κ3) is 3.82. The van der Waals surface area contributed by atoms with Crippen molar-refractivity contribution in [3.63, 3.8) is 0 Å². The fourth-order valence-electron chi connectivity index (χ4n) is 2.65. The van der Waals surface area contributed by atoms with Crippen molar-refractivity contribution < 1.29 is 9.90 Å². The molecule has 0 aliphatic rings. The molecule has 0 saturated carbocycles. The summed E-state index contributed by atoms with van der Waals surface area (Å²) >= 11 is 0. The highest BCUT2D eigenvalue weighted by Gasteiger charge is 2.15. The number of unbranched alkanes of at least 4 members (excludes halogenated alkanes) is 3. The van der Waals surface area contributed by atoms with Gasteiger partial charge in [-0.25, -0.2) is 4.79 Å². The number of aryl methyl sites for hydroxylation is 1. The summed E-state index contributed by atoms with van der Waals surface area (Å²) in [5.41, 5.74) is 5.15. The smallest absolute Gasteiger partial charge is 0.335 e. The van der Waals surface area contributed by atoms with Crippen LogP contribution in [-0.2, 0) is 12.8 Å². The number of carboxylic acid groups (broad SMARTS) is 1. The SMILES string of the molecule is CCCCCCc1c(CC)cc(C(=O)O)c(C)c1C. The molecule has 106 valence electrons. The molecule has 0 bridgehead atoms. The maximum absolute atomic E-state index is 11.3. The number of carboxylic acids is 1. The van der Waals surface area contributed by atoms with Gasteiger partial charge < -0.3 is 5.11 Å². The van der Waals surface area contributed by atoms with E-state index in [0.29, 0.717) is 5.56 Å². The van der Waals surface area contributed by atoms with Crippen molar-refractivity contribution in [3.8, 4) is 0 Å². The summed E-state index contributed by atoms with van der Waals surface area (Å²) in [5.74, 6) is -0.812. The van der Waals surface area contributed by atoms with Gasteiger partial charge in [-0.2, -0.15) is 0 Å². The molecule has 0 fully saturated rings. The van der Waals surface area contributed by atoms with Crippen LogP contribution >= 0.6 is 0 Å². The molecule has 0 spiro atoms. The van der Waals surface area contributed by atoms with E-state index >= 15 is 0 Å². The van der Waals surface area contributed by atoms with Crippen LogP contribution in [0.5, 0.6) is 0 Å². The maximum Gasteiger partial charge on any atom is 0.335 e. The second-order valence-electron chi connectivity index (χ2n) is 5.28. The molecule has 1 rings (SSSR count). The Morgan fingerprint density at radius 1 is 1.11 bits per heavy atom. The van der Waals surface area contributed by atoms with Crippen LogP contribution in [0, 0.1) is 13.8 Å². The van der Waals surface area contributed by atoms with Gasteiger partial charge in [0.25, 0.3) is 0 Å². The quantitative estimate of drug-likeness (QED) is 0.724. The topological polar surface area (TPSA) is 37.3 Å². The molecule has 0 aliphatic heterocycles. The molecule has 0 radical (unpaired) electrons. The van der Waals surface area contributed by atoms with Crippen molar-refractivity contribution >= 4 is 5.97 Å². The van der Waals surface area contributed by atoms with Crippen LogP contribution in [0.3, 0.4) is 0 Å². The highest BCUT2D eigenvalue weighted by atomic mass is 16.4. The molecular weight excluding hydrogens is 236 g/mol. The van der Waals surface area contributed by atoms with Crippen LogP contribution in [0.25, 0.3) is 0 Å². The lowest BCUT2D eigenvalue weighted by Gasteiger charge is -2.16.